The molecule has 1 aliphatic heterocycles. The van der Waals surface area contributed by atoms with Gasteiger partial charge in [-0.2, -0.15) is 0 Å². The number of nitrogens with two attached hydrogens (primary N) is 1. The van der Waals surface area contributed by atoms with Crippen LogP contribution in [0.5, 0.6) is 0 Å². The second kappa shape index (κ2) is 2.89. The highest BCUT2D eigenvalue weighted by Crippen LogP contribution is 2.36. The Bertz CT molecular complexity index is 110. The summed E-state index contributed by atoms with van der Waals surface area (Å²) in [4.78, 5) is 0. The molecule has 2 atom stereocenters. The van der Waals surface area contributed by atoms with Crippen LogP contribution in [0.3, 0.4) is 0 Å². The van der Waals surface area contributed by atoms with Crippen molar-refractivity contribution >= 4 is 0 Å². The quantitative estimate of drug-likeness (QED) is 0.629. The second-order valence-electron chi connectivity index (χ2n) is 3.18. The lowest BCUT2D eigenvalue weighted by Crippen LogP contribution is -2.35. The van der Waals surface area contributed by atoms with E-state index in [1.54, 1.807) is 0 Å². The van der Waals surface area contributed by atoms with Crippen molar-refractivity contribution in [3.05, 3.63) is 0 Å². The van der Waals surface area contributed by atoms with Crippen LogP contribution in [0.2, 0.25) is 0 Å². The predicted molar refractivity (Wildman–Crippen MR) is 41.8 cm³/mol. The van der Waals surface area contributed by atoms with Crippen molar-refractivity contribution in [3.8, 4) is 0 Å². The van der Waals surface area contributed by atoms with E-state index in [4.69, 9.17) is 10.5 Å². The monoisotopic (exact) mass is 143 g/mol. The van der Waals surface area contributed by atoms with Crippen molar-refractivity contribution in [1.29, 1.82) is 0 Å². The Morgan fingerprint density at radius 1 is 1.70 bits per heavy atom. The van der Waals surface area contributed by atoms with Gasteiger partial charge >= 0.3 is 0 Å². The molecule has 0 spiro atoms. The van der Waals surface area contributed by atoms with Crippen LogP contribution < -0.4 is 5.73 Å². The number of rotatable bonds is 2. The van der Waals surface area contributed by atoms with E-state index in [9.17, 15) is 0 Å². The van der Waals surface area contributed by atoms with Crippen LogP contribution in [0.1, 0.15) is 26.7 Å². The molecule has 0 amide bonds. The maximum absolute atomic E-state index is 5.69. The summed E-state index contributed by atoms with van der Waals surface area (Å²) in [5.41, 5.74) is 5.98. The third-order valence-corrected chi connectivity index (χ3v) is 2.94. The molecular weight excluding hydrogens is 126 g/mol. The summed E-state index contributed by atoms with van der Waals surface area (Å²) in [6.45, 7) is 5.98. The highest BCUT2D eigenvalue weighted by Gasteiger charge is 2.38. The standard InChI is InChI=1S/C8H17NO/c1-3-8(6-9)4-5-10-7(8)2/h7H,3-6,9H2,1-2H3. The summed E-state index contributed by atoms with van der Waals surface area (Å²) in [5.74, 6) is 0. The van der Waals surface area contributed by atoms with Crippen molar-refractivity contribution in [2.75, 3.05) is 13.2 Å². The normalized spacial score (nSPS) is 40.5. The van der Waals surface area contributed by atoms with Gasteiger partial charge in [0.25, 0.3) is 0 Å². The summed E-state index contributed by atoms with van der Waals surface area (Å²) >= 11 is 0. The molecule has 0 bridgehead atoms. The Kier molecular flexibility index (Phi) is 2.32. The molecule has 1 fully saturated rings. The molecule has 0 aliphatic carbocycles. The van der Waals surface area contributed by atoms with E-state index in [2.05, 4.69) is 13.8 Å². The zero-order valence-electron chi connectivity index (χ0n) is 6.89. The molecule has 1 aliphatic rings. The first-order valence-corrected chi connectivity index (χ1v) is 4.07. The molecule has 0 aromatic heterocycles. The van der Waals surface area contributed by atoms with Crippen molar-refractivity contribution in [2.45, 2.75) is 32.8 Å². The van der Waals surface area contributed by atoms with Crippen LogP contribution in [0, 0.1) is 5.41 Å². The highest BCUT2D eigenvalue weighted by molar-refractivity contribution is 4.88. The Hall–Kier alpha value is -0.0800. The van der Waals surface area contributed by atoms with Crippen molar-refractivity contribution in [2.24, 2.45) is 11.1 Å². The van der Waals surface area contributed by atoms with Gasteiger partial charge in [0.15, 0.2) is 0 Å². The Morgan fingerprint density at radius 3 is 2.60 bits per heavy atom. The minimum Gasteiger partial charge on any atom is -0.378 e. The lowest BCUT2D eigenvalue weighted by Gasteiger charge is -2.28. The molecular formula is C8H17NO. The first-order chi connectivity index (χ1) is 4.75. The number of hydrogen-bond acceptors (Lipinski definition) is 2. The average Bonchev–Trinajstić information content (AvgIpc) is 2.32. The van der Waals surface area contributed by atoms with Gasteiger partial charge in [0.1, 0.15) is 0 Å². The highest BCUT2D eigenvalue weighted by atomic mass is 16.5. The molecule has 2 heteroatoms. The van der Waals surface area contributed by atoms with E-state index in [0.29, 0.717) is 11.5 Å². The molecule has 1 saturated heterocycles. The third kappa shape index (κ3) is 1.06. The molecule has 10 heavy (non-hydrogen) atoms. The topological polar surface area (TPSA) is 35.2 Å². The Morgan fingerprint density at radius 2 is 2.40 bits per heavy atom. The van der Waals surface area contributed by atoms with Crippen LogP contribution in [-0.2, 0) is 4.74 Å². The Labute approximate surface area is 62.7 Å². The van der Waals surface area contributed by atoms with Crippen LogP contribution in [-0.4, -0.2) is 19.3 Å². The van der Waals surface area contributed by atoms with Gasteiger partial charge in [-0.15, -0.1) is 0 Å². The molecule has 2 nitrogen and oxygen atoms in total. The van der Waals surface area contributed by atoms with Gasteiger partial charge in [-0.3, -0.25) is 0 Å². The van der Waals surface area contributed by atoms with Crippen molar-refractivity contribution in [1.82, 2.24) is 0 Å². The van der Waals surface area contributed by atoms with E-state index in [-0.39, 0.29) is 0 Å². The van der Waals surface area contributed by atoms with Gasteiger partial charge in [0.2, 0.25) is 0 Å². The molecule has 0 radical (unpaired) electrons. The zero-order chi connectivity index (χ0) is 7.61. The smallest absolute Gasteiger partial charge is 0.0616 e. The van der Waals surface area contributed by atoms with Gasteiger partial charge in [-0.1, -0.05) is 6.92 Å². The average molecular weight is 143 g/mol. The fourth-order valence-electron chi connectivity index (χ4n) is 1.70. The number of hydrogen-bond donors (Lipinski definition) is 1. The SMILES string of the molecule is CCC1(CN)CCOC1C. The van der Waals surface area contributed by atoms with Crippen LogP contribution in [0.4, 0.5) is 0 Å². The minimum atomic E-state index is 0.292. The molecule has 2 unspecified atom stereocenters. The van der Waals surface area contributed by atoms with E-state index in [1.165, 1.54) is 0 Å². The van der Waals surface area contributed by atoms with E-state index in [1.807, 2.05) is 0 Å². The van der Waals surface area contributed by atoms with Crippen LogP contribution >= 0.6 is 0 Å². The fourth-order valence-corrected chi connectivity index (χ4v) is 1.70. The molecule has 1 heterocycles. The lowest BCUT2D eigenvalue weighted by atomic mass is 9.79. The summed E-state index contributed by atoms with van der Waals surface area (Å²) < 4.78 is 5.47. The van der Waals surface area contributed by atoms with Crippen molar-refractivity contribution < 1.29 is 4.74 Å². The van der Waals surface area contributed by atoms with Gasteiger partial charge in [0.05, 0.1) is 6.10 Å². The minimum absolute atomic E-state index is 0.292. The first-order valence-electron chi connectivity index (χ1n) is 4.07. The zero-order valence-corrected chi connectivity index (χ0v) is 6.89. The number of ether oxygens (including phenoxy) is 1. The van der Waals surface area contributed by atoms with Gasteiger partial charge in [0, 0.05) is 18.6 Å². The molecule has 0 saturated carbocycles. The fraction of sp³-hybridized carbons (Fsp3) is 1.00. The lowest BCUT2D eigenvalue weighted by molar-refractivity contribution is 0.0654. The maximum atomic E-state index is 5.69. The predicted octanol–water partition coefficient (Wildman–Crippen LogP) is 1.15. The van der Waals surface area contributed by atoms with Gasteiger partial charge < -0.3 is 10.5 Å². The van der Waals surface area contributed by atoms with Crippen molar-refractivity contribution in [3.63, 3.8) is 0 Å². The second-order valence-corrected chi connectivity index (χ2v) is 3.18. The van der Waals surface area contributed by atoms with Gasteiger partial charge in [-0.05, 0) is 19.8 Å². The summed E-state index contributed by atoms with van der Waals surface area (Å²) in [6.07, 6.45) is 2.65. The van der Waals surface area contributed by atoms with E-state index in [0.717, 1.165) is 26.0 Å². The van der Waals surface area contributed by atoms with Crippen LogP contribution in [0.25, 0.3) is 0 Å². The summed E-state index contributed by atoms with van der Waals surface area (Å²) in [7, 11) is 0. The third-order valence-electron chi connectivity index (χ3n) is 2.94. The summed E-state index contributed by atoms with van der Waals surface area (Å²) in [5, 5.41) is 0. The van der Waals surface area contributed by atoms with Gasteiger partial charge in [-0.25, -0.2) is 0 Å². The van der Waals surface area contributed by atoms with E-state index >= 15 is 0 Å². The van der Waals surface area contributed by atoms with Crippen LogP contribution in [0.15, 0.2) is 0 Å². The van der Waals surface area contributed by atoms with E-state index < -0.39 is 0 Å². The molecule has 60 valence electrons. The largest absolute Gasteiger partial charge is 0.378 e. The molecule has 1 rings (SSSR count). The maximum Gasteiger partial charge on any atom is 0.0616 e. The molecule has 0 aromatic rings. The Balaban J connectivity index is 2.61. The molecule has 0 aromatic carbocycles. The molecule has 2 N–H and O–H groups in total. The first kappa shape index (κ1) is 8.02. The summed E-state index contributed by atoms with van der Waals surface area (Å²) in [6, 6.07) is 0.